The predicted octanol–water partition coefficient (Wildman–Crippen LogP) is 3.95. The van der Waals surface area contributed by atoms with Gasteiger partial charge in [0.25, 0.3) is 5.91 Å². The van der Waals surface area contributed by atoms with Gasteiger partial charge < -0.3 is 19.3 Å². The lowest BCUT2D eigenvalue weighted by molar-refractivity contribution is 0.0746. The first kappa shape index (κ1) is 22.3. The number of benzene rings is 2. The first-order valence-corrected chi connectivity index (χ1v) is 10.9. The number of rotatable bonds is 5. The Morgan fingerprint density at radius 3 is 2.30 bits per heavy atom. The highest BCUT2D eigenvalue weighted by Gasteiger charge is 2.23. The van der Waals surface area contributed by atoms with Crippen LogP contribution in [-0.2, 0) is 4.74 Å². The lowest BCUT2D eigenvalue weighted by Crippen LogP contribution is -2.49. The fourth-order valence-corrected chi connectivity index (χ4v) is 3.70. The van der Waals surface area contributed by atoms with Crippen molar-refractivity contribution in [3.05, 3.63) is 72.1 Å². The van der Waals surface area contributed by atoms with Gasteiger partial charge in [-0.2, -0.15) is 0 Å². The molecule has 170 valence electrons. The van der Waals surface area contributed by atoms with Gasteiger partial charge >= 0.3 is 6.16 Å². The minimum absolute atomic E-state index is 0.0545. The number of aromatic nitrogens is 2. The standard InChI is InChI=1S/C25H26N4O4/c1-3-32-25(31)33-21-11-9-20(10-12-21)24(30)29-15-13-28(14-16-29)23-17-22(26-18(2)27-23)19-7-5-4-6-8-19/h4-12,17H,3,13-16H2,1-2H3. The van der Waals surface area contributed by atoms with Gasteiger partial charge in [0.2, 0.25) is 0 Å². The number of carbonyl (C=O) groups is 2. The smallest absolute Gasteiger partial charge is 0.434 e. The summed E-state index contributed by atoms with van der Waals surface area (Å²) in [5, 5.41) is 0. The van der Waals surface area contributed by atoms with Gasteiger partial charge in [-0.25, -0.2) is 14.8 Å². The van der Waals surface area contributed by atoms with Crippen LogP contribution in [0.25, 0.3) is 11.3 Å². The molecule has 0 spiro atoms. The van der Waals surface area contributed by atoms with Crippen molar-refractivity contribution in [3.8, 4) is 17.0 Å². The molecule has 3 aromatic rings. The predicted molar refractivity (Wildman–Crippen MR) is 124 cm³/mol. The Morgan fingerprint density at radius 1 is 0.939 bits per heavy atom. The molecule has 0 bridgehead atoms. The zero-order valence-electron chi connectivity index (χ0n) is 18.7. The zero-order chi connectivity index (χ0) is 23.2. The summed E-state index contributed by atoms with van der Waals surface area (Å²) < 4.78 is 9.80. The summed E-state index contributed by atoms with van der Waals surface area (Å²) in [5.74, 6) is 1.87. The fraction of sp³-hybridized carbons (Fsp3) is 0.280. The maximum atomic E-state index is 12.9. The Labute approximate surface area is 192 Å². The molecule has 1 aromatic heterocycles. The molecule has 0 aliphatic carbocycles. The summed E-state index contributed by atoms with van der Waals surface area (Å²) in [6, 6.07) is 18.5. The van der Waals surface area contributed by atoms with Crippen molar-refractivity contribution >= 4 is 17.9 Å². The Hall–Kier alpha value is -3.94. The molecule has 0 unspecified atom stereocenters. The van der Waals surface area contributed by atoms with E-state index in [4.69, 9.17) is 9.47 Å². The van der Waals surface area contributed by atoms with Crippen LogP contribution < -0.4 is 9.64 Å². The quantitative estimate of drug-likeness (QED) is 0.433. The average Bonchev–Trinajstić information content (AvgIpc) is 2.84. The van der Waals surface area contributed by atoms with Crippen LogP contribution in [0, 0.1) is 6.92 Å². The van der Waals surface area contributed by atoms with Crippen molar-refractivity contribution in [3.63, 3.8) is 0 Å². The molecule has 33 heavy (non-hydrogen) atoms. The molecule has 4 rings (SSSR count). The number of amides is 1. The highest BCUT2D eigenvalue weighted by atomic mass is 16.7. The van der Waals surface area contributed by atoms with E-state index >= 15 is 0 Å². The van der Waals surface area contributed by atoms with E-state index in [1.807, 2.05) is 48.2 Å². The number of nitrogens with zero attached hydrogens (tertiary/aromatic N) is 4. The second-order valence-electron chi connectivity index (χ2n) is 7.61. The molecule has 2 aromatic carbocycles. The molecule has 8 heteroatoms. The summed E-state index contributed by atoms with van der Waals surface area (Å²) in [7, 11) is 0. The van der Waals surface area contributed by atoms with Gasteiger partial charge in [0, 0.05) is 43.4 Å². The Kier molecular flexibility index (Phi) is 6.83. The molecule has 8 nitrogen and oxygen atoms in total. The largest absolute Gasteiger partial charge is 0.513 e. The fourth-order valence-electron chi connectivity index (χ4n) is 3.70. The van der Waals surface area contributed by atoms with Crippen LogP contribution in [0.5, 0.6) is 5.75 Å². The van der Waals surface area contributed by atoms with Crippen molar-refractivity contribution in [2.75, 3.05) is 37.7 Å². The average molecular weight is 447 g/mol. The van der Waals surface area contributed by atoms with Crippen LogP contribution in [0.2, 0.25) is 0 Å². The van der Waals surface area contributed by atoms with Gasteiger partial charge in [0.15, 0.2) is 0 Å². The van der Waals surface area contributed by atoms with E-state index in [0.29, 0.717) is 37.5 Å². The molecule has 0 N–H and O–H groups in total. The normalized spacial score (nSPS) is 13.5. The van der Waals surface area contributed by atoms with E-state index in [9.17, 15) is 9.59 Å². The minimum atomic E-state index is -0.761. The summed E-state index contributed by atoms with van der Waals surface area (Å²) >= 11 is 0. The van der Waals surface area contributed by atoms with Crippen molar-refractivity contribution in [1.82, 2.24) is 14.9 Å². The highest BCUT2D eigenvalue weighted by molar-refractivity contribution is 5.94. The van der Waals surface area contributed by atoms with Gasteiger partial charge in [0.05, 0.1) is 12.3 Å². The summed E-state index contributed by atoms with van der Waals surface area (Å²) in [6.07, 6.45) is -0.761. The third kappa shape index (κ3) is 5.46. The van der Waals surface area contributed by atoms with E-state index < -0.39 is 6.16 Å². The first-order chi connectivity index (χ1) is 16.0. The monoisotopic (exact) mass is 446 g/mol. The Morgan fingerprint density at radius 2 is 1.64 bits per heavy atom. The van der Waals surface area contributed by atoms with Gasteiger partial charge in [-0.1, -0.05) is 30.3 Å². The third-order valence-corrected chi connectivity index (χ3v) is 5.35. The van der Waals surface area contributed by atoms with Crippen LogP contribution in [0.4, 0.5) is 10.6 Å². The van der Waals surface area contributed by atoms with Crippen LogP contribution in [0.15, 0.2) is 60.7 Å². The SMILES string of the molecule is CCOC(=O)Oc1ccc(C(=O)N2CCN(c3cc(-c4ccccc4)nc(C)n3)CC2)cc1. The number of carbonyl (C=O) groups excluding carboxylic acids is 2. The topological polar surface area (TPSA) is 84.9 Å². The van der Waals surface area contributed by atoms with Crippen LogP contribution in [-0.4, -0.2) is 59.7 Å². The minimum Gasteiger partial charge on any atom is -0.434 e. The van der Waals surface area contributed by atoms with Gasteiger partial charge in [-0.05, 0) is 38.1 Å². The van der Waals surface area contributed by atoms with E-state index in [0.717, 1.165) is 22.9 Å². The number of hydrogen-bond acceptors (Lipinski definition) is 7. The molecule has 1 aliphatic heterocycles. The van der Waals surface area contributed by atoms with Crippen molar-refractivity contribution < 1.29 is 19.1 Å². The molecule has 0 radical (unpaired) electrons. The van der Waals surface area contributed by atoms with Crippen LogP contribution in [0.3, 0.4) is 0 Å². The second kappa shape index (κ2) is 10.1. The van der Waals surface area contributed by atoms with Crippen LogP contribution in [0.1, 0.15) is 23.1 Å². The number of hydrogen-bond donors (Lipinski definition) is 0. The maximum Gasteiger partial charge on any atom is 0.513 e. The lowest BCUT2D eigenvalue weighted by atomic mass is 10.1. The zero-order valence-corrected chi connectivity index (χ0v) is 18.7. The second-order valence-corrected chi connectivity index (χ2v) is 7.61. The molecule has 1 amide bonds. The molecule has 2 heterocycles. The van der Waals surface area contributed by atoms with Crippen molar-refractivity contribution in [2.45, 2.75) is 13.8 Å². The summed E-state index contributed by atoms with van der Waals surface area (Å²) in [6.45, 7) is 6.37. The third-order valence-electron chi connectivity index (χ3n) is 5.35. The first-order valence-electron chi connectivity index (χ1n) is 10.9. The van der Waals surface area contributed by atoms with E-state index in [1.165, 1.54) is 0 Å². The molecular formula is C25H26N4O4. The number of ether oxygens (including phenoxy) is 2. The number of piperazine rings is 1. The van der Waals surface area contributed by atoms with E-state index in [2.05, 4.69) is 14.9 Å². The molecule has 1 aliphatic rings. The molecule has 0 atom stereocenters. The Bertz CT molecular complexity index is 1110. The Balaban J connectivity index is 1.38. The molecule has 0 saturated carbocycles. The van der Waals surface area contributed by atoms with Gasteiger partial charge in [0.1, 0.15) is 17.4 Å². The number of aryl methyl sites for hydroxylation is 1. The van der Waals surface area contributed by atoms with Crippen LogP contribution >= 0.6 is 0 Å². The van der Waals surface area contributed by atoms with Gasteiger partial charge in [-0.3, -0.25) is 4.79 Å². The van der Waals surface area contributed by atoms with Crippen molar-refractivity contribution in [2.24, 2.45) is 0 Å². The molecule has 1 fully saturated rings. The van der Waals surface area contributed by atoms with E-state index in [-0.39, 0.29) is 12.5 Å². The summed E-state index contributed by atoms with van der Waals surface area (Å²) in [5.41, 5.74) is 2.49. The number of anilines is 1. The maximum absolute atomic E-state index is 12.9. The molecular weight excluding hydrogens is 420 g/mol. The van der Waals surface area contributed by atoms with Gasteiger partial charge in [-0.15, -0.1) is 0 Å². The lowest BCUT2D eigenvalue weighted by Gasteiger charge is -2.35. The summed E-state index contributed by atoms with van der Waals surface area (Å²) in [4.78, 5) is 37.5. The van der Waals surface area contributed by atoms with E-state index in [1.54, 1.807) is 31.2 Å². The highest BCUT2D eigenvalue weighted by Crippen LogP contribution is 2.23. The van der Waals surface area contributed by atoms with Crippen molar-refractivity contribution in [1.29, 1.82) is 0 Å². The molecule has 1 saturated heterocycles.